The molecular weight excluding hydrogens is 384 g/mol. The normalized spacial score (nSPS) is 40.3. The predicted octanol–water partition coefficient (Wildman–Crippen LogP) is 6.84. The topological polar surface area (TPSA) is 27.7 Å². The minimum atomic E-state index is -2.16. The molecule has 0 unspecified atom stereocenters. The average molecular weight is 427 g/mol. The van der Waals surface area contributed by atoms with Crippen molar-refractivity contribution in [1.29, 1.82) is 0 Å². The van der Waals surface area contributed by atoms with Crippen LogP contribution in [0, 0.1) is 17.8 Å². The summed E-state index contributed by atoms with van der Waals surface area (Å²) in [6.07, 6.45) is 8.12. The van der Waals surface area contributed by atoms with Crippen LogP contribution in [0.25, 0.3) is 0 Å². The molecule has 0 aromatic rings. The third-order valence-electron chi connectivity index (χ3n) is 6.71. The Balaban J connectivity index is 1.75. The van der Waals surface area contributed by atoms with Gasteiger partial charge in [-0.3, -0.25) is 0 Å². The Hall–Kier alpha value is 0.531. The summed E-state index contributed by atoms with van der Waals surface area (Å²) < 4.78 is 22.2. The Morgan fingerprint density at radius 2 is 0.741 bits per heavy atom. The number of rotatable bonds is 9. The smallest absolute Gasteiger partial charge is 0.324 e. The molecule has 1 aliphatic heterocycles. The lowest BCUT2D eigenvalue weighted by Gasteiger charge is -2.55. The zero-order valence-corrected chi connectivity index (χ0v) is 21.6. The van der Waals surface area contributed by atoms with Crippen LogP contribution in [0.4, 0.5) is 0 Å². The molecule has 1 saturated heterocycles. The largest absolute Gasteiger partial charge is 0.415 e. The van der Waals surface area contributed by atoms with Gasteiger partial charge < -0.3 is 12.3 Å². The lowest BCUT2D eigenvalue weighted by Crippen LogP contribution is -2.71. The van der Waals surface area contributed by atoms with Crippen molar-refractivity contribution in [3.05, 3.63) is 0 Å². The van der Waals surface area contributed by atoms with Gasteiger partial charge in [0.1, 0.15) is 0 Å². The molecule has 4 aliphatic rings. The fourth-order valence-electron chi connectivity index (χ4n) is 5.47. The summed E-state index contributed by atoms with van der Waals surface area (Å²) >= 11 is 0. The monoisotopic (exact) mass is 426 g/mol. The summed E-state index contributed by atoms with van der Waals surface area (Å²) in [7, 11) is -6.49. The Labute approximate surface area is 170 Å². The van der Waals surface area contributed by atoms with Crippen LogP contribution in [0.2, 0.25) is 34.8 Å². The van der Waals surface area contributed by atoms with Crippen molar-refractivity contribution in [2.24, 2.45) is 17.8 Å². The van der Waals surface area contributed by atoms with Crippen molar-refractivity contribution in [3.63, 3.8) is 0 Å². The summed E-state index contributed by atoms with van der Waals surface area (Å²) in [5.74, 6) is 2.01. The first-order chi connectivity index (χ1) is 12.7. The van der Waals surface area contributed by atoms with Gasteiger partial charge in [0, 0.05) is 16.6 Å². The molecule has 0 atom stereocenters. The van der Waals surface area contributed by atoms with E-state index >= 15 is 0 Å². The van der Waals surface area contributed by atoms with Gasteiger partial charge in [-0.25, -0.2) is 0 Å². The Bertz CT molecular complexity index is 457. The highest BCUT2D eigenvalue weighted by Gasteiger charge is 2.72. The van der Waals surface area contributed by atoms with Crippen molar-refractivity contribution in [2.45, 2.75) is 115 Å². The highest BCUT2D eigenvalue weighted by molar-refractivity contribution is 6.96. The minimum absolute atomic E-state index is 0.672. The molecule has 4 fully saturated rings. The van der Waals surface area contributed by atoms with Crippen LogP contribution in [0.3, 0.4) is 0 Å². The fourth-order valence-corrected chi connectivity index (χ4v) is 27.7. The molecule has 0 spiro atoms. The van der Waals surface area contributed by atoms with Crippen LogP contribution < -0.4 is 0 Å². The van der Waals surface area contributed by atoms with E-state index in [1.54, 1.807) is 0 Å². The third-order valence-corrected chi connectivity index (χ3v) is 24.6. The van der Waals surface area contributed by atoms with E-state index in [-0.39, 0.29) is 0 Å². The van der Waals surface area contributed by atoms with Gasteiger partial charge in [0.05, 0.1) is 0 Å². The second kappa shape index (κ2) is 7.34. The Morgan fingerprint density at radius 1 is 0.519 bits per heavy atom. The molecule has 0 amide bonds. The predicted molar refractivity (Wildman–Crippen MR) is 118 cm³/mol. The maximum absolute atomic E-state index is 7.41. The van der Waals surface area contributed by atoms with E-state index in [2.05, 4.69) is 41.5 Å². The maximum atomic E-state index is 7.41. The molecule has 156 valence electrons. The molecule has 0 aromatic carbocycles. The Morgan fingerprint density at radius 3 is 0.889 bits per heavy atom. The SMILES string of the molecule is CC(C)C[Si]1(C2CC2)O[Si](CC(C)C)(C2CC2)O[Si](CC(C)C)(C2CC2)O1. The fraction of sp³-hybridized carbons (Fsp3) is 1.00. The van der Waals surface area contributed by atoms with Crippen LogP contribution in [0.15, 0.2) is 0 Å². The van der Waals surface area contributed by atoms with Crippen molar-refractivity contribution >= 4 is 25.7 Å². The maximum Gasteiger partial charge on any atom is 0.324 e. The molecule has 0 aromatic heterocycles. The van der Waals surface area contributed by atoms with Gasteiger partial charge >= 0.3 is 25.7 Å². The zero-order valence-electron chi connectivity index (χ0n) is 18.6. The van der Waals surface area contributed by atoms with Crippen molar-refractivity contribution in [1.82, 2.24) is 0 Å². The number of hydrogen-bond donors (Lipinski definition) is 0. The van der Waals surface area contributed by atoms with Crippen LogP contribution in [-0.4, -0.2) is 25.7 Å². The quantitative estimate of drug-likeness (QED) is 0.378. The van der Waals surface area contributed by atoms with Crippen LogP contribution >= 0.6 is 0 Å². The van der Waals surface area contributed by atoms with E-state index in [9.17, 15) is 0 Å². The highest BCUT2D eigenvalue weighted by Crippen LogP contribution is 2.63. The summed E-state index contributed by atoms with van der Waals surface area (Å²) in [5, 5.41) is 0. The molecule has 0 N–H and O–H groups in total. The van der Waals surface area contributed by atoms with Gasteiger partial charge in [0.25, 0.3) is 0 Å². The van der Waals surface area contributed by atoms with Gasteiger partial charge in [0.2, 0.25) is 0 Å². The lowest BCUT2D eigenvalue weighted by molar-refractivity contribution is 0.193. The summed E-state index contributed by atoms with van der Waals surface area (Å²) in [5.41, 5.74) is 2.29. The summed E-state index contributed by atoms with van der Waals surface area (Å²) in [6, 6.07) is 3.63. The van der Waals surface area contributed by atoms with E-state index < -0.39 is 25.7 Å². The van der Waals surface area contributed by atoms with Gasteiger partial charge in [-0.2, -0.15) is 0 Å². The molecule has 6 heteroatoms. The standard InChI is InChI=1S/C21H42O3Si3/c1-16(2)13-25(19-7-8-19)22-26(14-17(3)4,20-9-10-20)24-27(23-25,15-18(5)6)21-11-12-21/h16-21H,7-15H2,1-6H3. The molecular formula is C21H42O3Si3. The van der Waals surface area contributed by atoms with E-state index in [0.29, 0.717) is 17.8 Å². The van der Waals surface area contributed by atoms with Crippen molar-refractivity contribution < 1.29 is 12.3 Å². The van der Waals surface area contributed by atoms with E-state index in [1.165, 1.54) is 56.7 Å². The highest BCUT2D eigenvalue weighted by atomic mass is 28.5. The van der Waals surface area contributed by atoms with E-state index in [4.69, 9.17) is 12.3 Å². The zero-order chi connectivity index (χ0) is 19.4. The first kappa shape index (κ1) is 20.8. The molecule has 27 heavy (non-hydrogen) atoms. The molecule has 1 heterocycles. The molecule has 4 rings (SSSR count). The molecule has 3 nitrogen and oxygen atoms in total. The van der Waals surface area contributed by atoms with Gasteiger partial charge in [-0.05, 0) is 74.4 Å². The van der Waals surface area contributed by atoms with Gasteiger partial charge in [-0.15, -0.1) is 0 Å². The summed E-state index contributed by atoms with van der Waals surface area (Å²) in [6.45, 7) is 14.3. The third kappa shape index (κ3) is 4.36. The van der Waals surface area contributed by atoms with Gasteiger partial charge in [0.15, 0.2) is 0 Å². The van der Waals surface area contributed by atoms with Crippen molar-refractivity contribution in [2.75, 3.05) is 0 Å². The van der Waals surface area contributed by atoms with Crippen LogP contribution in [0.1, 0.15) is 80.1 Å². The number of hydrogen-bond acceptors (Lipinski definition) is 3. The molecule has 0 bridgehead atoms. The van der Waals surface area contributed by atoms with Crippen LogP contribution in [0.5, 0.6) is 0 Å². The van der Waals surface area contributed by atoms with E-state index in [0.717, 1.165) is 16.6 Å². The average Bonchev–Trinajstić information content (AvgIpc) is 3.37. The van der Waals surface area contributed by atoms with Gasteiger partial charge in [-0.1, -0.05) is 41.5 Å². The lowest BCUT2D eigenvalue weighted by atomic mass is 10.3. The van der Waals surface area contributed by atoms with E-state index in [1.807, 2.05) is 0 Å². The summed E-state index contributed by atoms with van der Waals surface area (Å²) in [4.78, 5) is 0. The van der Waals surface area contributed by atoms with Crippen LogP contribution in [-0.2, 0) is 12.3 Å². The second-order valence-electron chi connectivity index (χ2n) is 11.4. The Kier molecular flexibility index (Phi) is 5.65. The molecule has 0 radical (unpaired) electrons. The molecule has 3 saturated carbocycles. The first-order valence-corrected chi connectivity index (χ1v) is 18.1. The van der Waals surface area contributed by atoms with Crippen molar-refractivity contribution in [3.8, 4) is 0 Å². The molecule has 3 aliphatic carbocycles. The minimum Gasteiger partial charge on any atom is -0.415 e. The first-order valence-electron chi connectivity index (χ1n) is 11.8. The second-order valence-corrected chi connectivity index (χ2v) is 22.4.